The lowest BCUT2D eigenvalue weighted by atomic mass is 10.0. The van der Waals surface area contributed by atoms with E-state index in [0.717, 1.165) is 57.8 Å². The molecule has 0 N–H and O–H groups in total. The van der Waals surface area contributed by atoms with Crippen molar-refractivity contribution in [2.24, 2.45) is 0 Å². The molecule has 0 aliphatic heterocycles. The molecule has 2 unspecified atom stereocenters. The van der Waals surface area contributed by atoms with Crippen molar-refractivity contribution in [3.8, 4) is 0 Å². The van der Waals surface area contributed by atoms with Gasteiger partial charge in [-0.15, -0.1) is 0 Å². The molecular formula is C55H106NO8P. The minimum Gasteiger partial charge on any atom is -0.756 e. The van der Waals surface area contributed by atoms with Crippen LogP contribution < -0.4 is 4.89 Å². The van der Waals surface area contributed by atoms with Crippen molar-refractivity contribution in [3.63, 3.8) is 0 Å². The maximum Gasteiger partial charge on any atom is 0.306 e. The summed E-state index contributed by atoms with van der Waals surface area (Å²) in [7, 11) is 1.17. The molecule has 0 aromatic rings. The molecule has 0 amide bonds. The molecule has 0 saturated carbocycles. The van der Waals surface area contributed by atoms with Gasteiger partial charge in [0.25, 0.3) is 7.82 Å². The van der Waals surface area contributed by atoms with Crippen LogP contribution in [0.15, 0.2) is 24.3 Å². The molecule has 0 radical (unpaired) electrons. The second kappa shape index (κ2) is 47.6. The Hall–Kier alpha value is -1.51. The quantitative estimate of drug-likeness (QED) is 0.0195. The molecule has 2 atom stereocenters. The van der Waals surface area contributed by atoms with E-state index in [1.807, 2.05) is 21.1 Å². The van der Waals surface area contributed by atoms with Crippen LogP contribution in [0.25, 0.3) is 0 Å². The average molecular weight is 940 g/mol. The van der Waals surface area contributed by atoms with Crippen LogP contribution in [0.5, 0.6) is 0 Å². The summed E-state index contributed by atoms with van der Waals surface area (Å²) >= 11 is 0. The van der Waals surface area contributed by atoms with Crippen LogP contribution in [0, 0.1) is 0 Å². The fraction of sp³-hybridized carbons (Fsp3) is 0.891. The van der Waals surface area contributed by atoms with Crippen LogP contribution in [0.3, 0.4) is 0 Å². The molecule has 384 valence electrons. The summed E-state index contributed by atoms with van der Waals surface area (Å²) in [6.07, 6.45) is 55.1. The predicted octanol–water partition coefficient (Wildman–Crippen LogP) is 16.0. The molecule has 0 rings (SSSR count). The highest BCUT2D eigenvalue weighted by Crippen LogP contribution is 2.38. The monoisotopic (exact) mass is 940 g/mol. The molecule has 9 nitrogen and oxygen atoms in total. The number of allylic oxidation sites excluding steroid dienone is 4. The van der Waals surface area contributed by atoms with Crippen LogP contribution in [-0.4, -0.2) is 70.0 Å². The molecule has 0 aliphatic rings. The Morgan fingerprint density at radius 3 is 1.25 bits per heavy atom. The molecule has 0 spiro atoms. The van der Waals surface area contributed by atoms with Crippen molar-refractivity contribution < 1.29 is 42.1 Å². The van der Waals surface area contributed by atoms with Crippen molar-refractivity contribution in [2.75, 3.05) is 47.5 Å². The van der Waals surface area contributed by atoms with Crippen LogP contribution in [-0.2, 0) is 32.7 Å². The van der Waals surface area contributed by atoms with E-state index in [1.165, 1.54) is 173 Å². The number of unbranched alkanes of at least 4 members (excludes halogenated alkanes) is 33. The third-order valence-corrected chi connectivity index (χ3v) is 13.2. The first kappa shape index (κ1) is 63.5. The Bertz CT molecular complexity index is 1150. The molecular weight excluding hydrogens is 834 g/mol. The Morgan fingerprint density at radius 2 is 0.831 bits per heavy atom. The third-order valence-electron chi connectivity index (χ3n) is 12.2. The van der Waals surface area contributed by atoms with Gasteiger partial charge in [-0.05, 0) is 44.9 Å². The van der Waals surface area contributed by atoms with E-state index in [0.29, 0.717) is 17.4 Å². The van der Waals surface area contributed by atoms with Crippen LogP contribution in [0.2, 0.25) is 0 Å². The van der Waals surface area contributed by atoms with Crippen LogP contribution >= 0.6 is 7.82 Å². The van der Waals surface area contributed by atoms with Crippen LogP contribution in [0.4, 0.5) is 0 Å². The van der Waals surface area contributed by atoms with Gasteiger partial charge in [-0.3, -0.25) is 14.2 Å². The molecule has 0 aromatic carbocycles. The Balaban J connectivity index is 4.10. The first-order valence-corrected chi connectivity index (χ1v) is 29.0. The number of hydrogen-bond acceptors (Lipinski definition) is 8. The molecule has 0 aromatic heterocycles. The lowest BCUT2D eigenvalue weighted by Crippen LogP contribution is -2.37. The largest absolute Gasteiger partial charge is 0.756 e. The smallest absolute Gasteiger partial charge is 0.306 e. The van der Waals surface area contributed by atoms with Gasteiger partial charge in [0, 0.05) is 12.8 Å². The van der Waals surface area contributed by atoms with Crippen LogP contribution in [0.1, 0.15) is 264 Å². The van der Waals surface area contributed by atoms with Gasteiger partial charge in [0.2, 0.25) is 0 Å². The number of hydrogen-bond donors (Lipinski definition) is 0. The fourth-order valence-electron chi connectivity index (χ4n) is 7.92. The van der Waals surface area contributed by atoms with E-state index in [-0.39, 0.29) is 32.0 Å². The summed E-state index contributed by atoms with van der Waals surface area (Å²) in [4.78, 5) is 37.7. The maximum absolute atomic E-state index is 12.7. The summed E-state index contributed by atoms with van der Waals surface area (Å²) in [6, 6.07) is 0. The van der Waals surface area contributed by atoms with Gasteiger partial charge in [-0.1, -0.05) is 231 Å². The number of ether oxygens (including phenoxy) is 2. The van der Waals surface area contributed by atoms with Gasteiger partial charge in [0.15, 0.2) is 6.10 Å². The van der Waals surface area contributed by atoms with E-state index in [2.05, 4.69) is 38.2 Å². The van der Waals surface area contributed by atoms with Crippen molar-refractivity contribution in [1.82, 2.24) is 0 Å². The lowest BCUT2D eigenvalue weighted by molar-refractivity contribution is -0.870. The number of phosphoric acid groups is 1. The molecule has 10 heteroatoms. The fourth-order valence-corrected chi connectivity index (χ4v) is 8.65. The van der Waals surface area contributed by atoms with E-state index in [1.54, 1.807) is 0 Å². The first-order chi connectivity index (χ1) is 31.5. The van der Waals surface area contributed by atoms with E-state index in [4.69, 9.17) is 18.5 Å². The van der Waals surface area contributed by atoms with Gasteiger partial charge in [0.1, 0.15) is 19.8 Å². The van der Waals surface area contributed by atoms with Gasteiger partial charge >= 0.3 is 11.9 Å². The van der Waals surface area contributed by atoms with E-state index >= 15 is 0 Å². The Kier molecular flexibility index (Phi) is 46.4. The number of likely N-dealkylation sites (N-methyl/N-ethyl adjacent to an activating group) is 1. The number of carbonyl (C=O) groups is 2. The molecule has 0 aliphatic carbocycles. The highest BCUT2D eigenvalue weighted by molar-refractivity contribution is 7.45. The zero-order chi connectivity index (χ0) is 47.8. The number of rotatable bonds is 51. The molecule has 0 bridgehead atoms. The first-order valence-electron chi connectivity index (χ1n) is 27.5. The van der Waals surface area contributed by atoms with Gasteiger partial charge < -0.3 is 27.9 Å². The summed E-state index contributed by atoms with van der Waals surface area (Å²) in [5.74, 6) is -0.837. The van der Waals surface area contributed by atoms with Gasteiger partial charge in [0.05, 0.1) is 27.7 Å². The highest BCUT2D eigenvalue weighted by atomic mass is 31.2. The lowest BCUT2D eigenvalue weighted by Gasteiger charge is -2.28. The number of phosphoric ester groups is 1. The maximum atomic E-state index is 12.7. The van der Waals surface area contributed by atoms with Crippen molar-refractivity contribution in [2.45, 2.75) is 270 Å². The summed E-state index contributed by atoms with van der Waals surface area (Å²) < 4.78 is 34.1. The zero-order valence-corrected chi connectivity index (χ0v) is 44.3. The third kappa shape index (κ3) is 51.7. The zero-order valence-electron chi connectivity index (χ0n) is 43.5. The van der Waals surface area contributed by atoms with Gasteiger partial charge in [-0.2, -0.15) is 0 Å². The summed E-state index contributed by atoms with van der Waals surface area (Å²) in [6.45, 7) is 4.23. The van der Waals surface area contributed by atoms with E-state index < -0.39 is 26.5 Å². The topological polar surface area (TPSA) is 111 Å². The summed E-state index contributed by atoms with van der Waals surface area (Å²) in [5.41, 5.74) is 0. The minimum atomic E-state index is -4.63. The Morgan fingerprint density at radius 1 is 0.477 bits per heavy atom. The number of carbonyl (C=O) groups excluding carboxylic acids is 2. The van der Waals surface area contributed by atoms with Gasteiger partial charge in [-0.25, -0.2) is 0 Å². The number of esters is 2. The van der Waals surface area contributed by atoms with Crippen molar-refractivity contribution in [3.05, 3.63) is 24.3 Å². The van der Waals surface area contributed by atoms with Crippen molar-refractivity contribution in [1.29, 1.82) is 0 Å². The second-order valence-electron chi connectivity index (χ2n) is 20.0. The minimum absolute atomic E-state index is 0.0316. The van der Waals surface area contributed by atoms with Crippen molar-refractivity contribution >= 4 is 19.8 Å². The molecule has 0 saturated heterocycles. The molecule has 0 heterocycles. The number of quaternary nitrogens is 1. The summed E-state index contributed by atoms with van der Waals surface area (Å²) in [5, 5.41) is 0. The predicted molar refractivity (Wildman–Crippen MR) is 273 cm³/mol. The SMILES string of the molecule is CCCCC/C=C\C/C=C\CCCCCCCC(=O)OC(COC(=O)CCCCCCCCCCCCCCCCCCCCCCCCCCCC)COP(=O)([O-])OCC[N+](C)(C)C. The highest BCUT2D eigenvalue weighted by Gasteiger charge is 2.21. The Labute approximate surface area is 402 Å². The second-order valence-corrected chi connectivity index (χ2v) is 21.4. The number of nitrogens with zero attached hydrogens (tertiary/aromatic N) is 1. The standard InChI is InChI=1S/C55H106NO8P/c1-6-8-10-12-14-16-18-20-22-23-24-25-26-27-28-29-30-31-32-34-35-37-39-41-43-45-47-54(57)61-51-53(52-63-65(59,60)62-50-49-56(3,4)5)64-55(58)48-46-44-42-40-38-36-33-21-19-17-15-13-11-9-7-2/h15,17,21,33,53H,6-14,16,18-20,22-32,34-52H2,1-5H3/b17-15-,33-21-. The normalized spacial score (nSPS) is 13.5. The average Bonchev–Trinajstić information content (AvgIpc) is 3.26. The van der Waals surface area contributed by atoms with E-state index in [9.17, 15) is 19.0 Å². The molecule has 0 fully saturated rings. The molecule has 65 heavy (non-hydrogen) atoms.